The van der Waals surface area contributed by atoms with Gasteiger partial charge in [-0.15, -0.1) is 0 Å². The van der Waals surface area contributed by atoms with Crippen LogP contribution in [0.15, 0.2) is 18.2 Å². The first-order chi connectivity index (χ1) is 9.17. The van der Waals surface area contributed by atoms with Gasteiger partial charge >= 0.3 is 6.18 Å². The summed E-state index contributed by atoms with van der Waals surface area (Å²) in [7, 11) is 0. The fraction of sp³-hybridized carbons (Fsp3) is 0.600. The quantitative estimate of drug-likeness (QED) is 0.735. The molecule has 1 aromatic rings. The van der Waals surface area contributed by atoms with Crippen LogP contribution >= 0.6 is 0 Å². The van der Waals surface area contributed by atoms with Crippen molar-refractivity contribution in [1.29, 1.82) is 0 Å². The average Bonchev–Trinajstić information content (AvgIpc) is 2.33. The van der Waals surface area contributed by atoms with E-state index in [2.05, 4.69) is 19.2 Å². The molecule has 1 saturated carbocycles. The molecule has 0 aliphatic heterocycles. The minimum absolute atomic E-state index is 0.162. The first kappa shape index (κ1) is 15.1. The summed E-state index contributed by atoms with van der Waals surface area (Å²) in [5.74, 6) is -1.23. The summed E-state index contributed by atoms with van der Waals surface area (Å²) in [5.41, 5.74) is -0.569. The van der Waals surface area contributed by atoms with E-state index < -0.39 is 17.6 Å². The Morgan fingerprint density at radius 2 is 1.75 bits per heavy atom. The van der Waals surface area contributed by atoms with Crippen LogP contribution in [0.1, 0.15) is 45.1 Å². The van der Waals surface area contributed by atoms with Gasteiger partial charge in [0.05, 0.1) is 5.56 Å². The van der Waals surface area contributed by atoms with E-state index >= 15 is 0 Å². The summed E-state index contributed by atoms with van der Waals surface area (Å²) >= 11 is 0. The molecule has 1 fully saturated rings. The van der Waals surface area contributed by atoms with Crippen LogP contribution in [-0.4, -0.2) is 6.04 Å². The van der Waals surface area contributed by atoms with Gasteiger partial charge in [0.25, 0.3) is 0 Å². The van der Waals surface area contributed by atoms with Crippen molar-refractivity contribution in [2.45, 2.75) is 51.7 Å². The topological polar surface area (TPSA) is 12.0 Å². The Morgan fingerprint density at radius 3 is 2.30 bits per heavy atom. The molecule has 1 aliphatic rings. The number of benzene rings is 1. The third kappa shape index (κ3) is 3.64. The molecule has 5 heteroatoms. The summed E-state index contributed by atoms with van der Waals surface area (Å²) in [6.07, 6.45) is -0.732. The first-order valence-electron chi connectivity index (χ1n) is 6.81. The van der Waals surface area contributed by atoms with Crippen LogP contribution in [0.3, 0.4) is 0 Å². The second-order valence-electron chi connectivity index (χ2n) is 6.28. The van der Waals surface area contributed by atoms with Crippen molar-refractivity contribution in [1.82, 2.24) is 0 Å². The monoisotopic (exact) mass is 289 g/mol. The van der Waals surface area contributed by atoms with Gasteiger partial charge in [-0.05, 0) is 49.3 Å². The third-order valence-corrected chi connectivity index (χ3v) is 3.98. The second-order valence-corrected chi connectivity index (χ2v) is 6.28. The molecule has 0 bridgehead atoms. The fourth-order valence-electron chi connectivity index (χ4n) is 2.61. The van der Waals surface area contributed by atoms with E-state index in [1.165, 1.54) is 6.07 Å². The SMILES string of the molecule is CC1(C)CCC(Nc2ccc(F)c(C(F)(F)F)c2)CC1. The molecule has 112 valence electrons. The van der Waals surface area contributed by atoms with Gasteiger partial charge in [-0.3, -0.25) is 0 Å². The number of hydrogen-bond donors (Lipinski definition) is 1. The van der Waals surface area contributed by atoms with Crippen molar-refractivity contribution in [3.63, 3.8) is 0 Å². The van der Waals surface area contributed by atoms with Crippen LogP contribution in [-0.2, 0) is 6.18 Å². The minimum Gasteiger partial charge on any atom is -0.382 e. The summed E-state index contributed by atoms with van der Waals surface area (Å²) in [4.78, 5) is 0. The maximum Gasteiger partial charge on any atom is 0.419 e. The minimum atomic E-state index is -4.66. The molecule has 1 aromatic carbocycles. The van der Waals surface area contributed by atoms with Gasteiger partial charge in [0, 0.05) is 11.7 Å². The molecule has 0 heterocycles. The van der Waals surface area contributed by atoms with Crippen LogP contribution in [0.2, 0.25) is 0 Å². The molecule has 20 heavy (non-hydrogen) atoms. The lowest BCUT2D eigenvalue weighted by atomic mass is 9.75. The molecular formula is C15H19F4N. The lowest BCUT2D eigenvalue weighted by Crippen LogP contribution is -2.30. The number of rotatable bonds is 2. The number of halogens is 4. The van der Waals surface area contributed by atoms with Crippen LogP contribution in [0.5, 0.6) is 0 Å². The van der Waals surface area contributed by atoms with E-state index in [1.54, 1.807) is 0 Å². The van der Waals surface area contributed by atoms with E-state index in [0.717, 1.165) is 37.8 Å². The Balaban J connectivity index is 2.08. The Morgan fingerprint density at radius 1 is 1.15 bits per heavy atom. The highest BCUT2D eigenvalue weighted by atomic mass is 19.4. The smallest absolute Gasteiger partial charge is 0.382 e. The van der Waals surface area contributed by atoms with Crippen molar-refractivity contribution in [2.24, 2.45) is 5.41 Å². The van der Waals surface area contributed by atoms with Crippen molar-refractivity contribution in [3.05, 3.63) is 29.6 Å². The number of nitrogens with one attached hydrogen (secondary N) is 1. The van der Waals surface area contributed by atoms with Gasteiger partial charge in [0.2, 0.25) is 0 Å². The summed E-state index contributed by atoms with van der Waals surface area (Å²) in [6, 6.07) is 3.26. The highest BCUT2D eigenvalue weighted by molar-refractivity contribution is 5.47. The number of alkyl halides is 3. The van der Waals surface area contributed by atoms with E-state index in [4.69, 9.17) is 0 Å². The molecule has 0 unspecified atom stereocenters. The van der Waals surface area contributed by atoms with Gasteiger partial charge in [0.15, 0.2) is 0 Å². The van der Waals surface area contributed by atoms with Crippen molar-refractivity contribution in [2.75, 3.05) is 5.32 Å². The molecule has 1 N–H and O–H groups in total. The highest BCUT2D eigenvalue weighted by Crippen LogP contribution is 2.37. The van der Waals surface area contributed by atoms with Gasteiger partial charge in [-0.25, -0.2) is 4.39 Å². The largest absolute Gasteiger partial charge is 0.419 e. The van der Waals surface area contributed by atoms with Crippen molar-refractivity contribution in [3.8, 4) is 0 Å². The molecule has 0 spiro atoms. The van der Waals surface area contributed by atoms with Crippen molar-refractivity contribution >= 4 is 5.69 Å². The Kier molecular flexibility index (Phi) is 3.98. The summed E-state index contributed by atoms with van der Waals surface area (Å²) < 4.78 is 51.1. The maximum atomic E-state index is 13.2. The predicted octanol–water partition coefficient (Wildman–Crippen LogP) is 5.23. The predicted molar refractivity (Wildman–Crippen MR) is 71.1 cm³/mol. The van der Waals surface area contributed by atoms with Gasteiger partial charge in [-0.1, -0.05) is 13.8 Å². The Bertz CT molecular complexity index is 469. The molecular weight excluding hydrogens is 270 g/mol. The Labute approximate surface area is 116 Å². The summed E-state index contributed by atoms with van der Waals surface area (Å²) in [5, 5.41) is 3.09. The van der Waals surface area contributed by atoms with E-state index in [0.29, 0.717) is 11.1 Å². The van der Waals surface area contributed by atoms with Crippen LogP contribution in [0, 0.1) is 11.2 Å². The third-order valence-electron chi connectivity index (χ3n) is 3.98. The van der Waals surface area contributed by atoms with Crippen LogP contribution < -0.4 is 5.32 Å². The van der Waals surface area contributed by atoms with Gasteiger partial charge in [-0.2, -0.15) is 13.2 Å². The molecule has 0 amide bonds. The highest BCUT2D eigenvalue weighted by Gasteiger charge is 2.34. The molecule has 0 radical (unpaired) electrons. The molecule has 0 atom stereocenters. The lowest BCUT2D eigenvalue weighted by molar-refractivity contribution is -0.139. The standard InChI is InChI=1S/C15H19F4N/c1-14(2)7-5-10(6-8-14)20-11-3-4-13(16)12(9-11)15(17,18)19/h3-4,9-10,20H,5-8H2,1-2H3. The summed E-state index contributed by atoms with van der Waals surface area (Å²) in [6.45, 7) is 4.39. The molecule has 0 aromatic heterocycles. The lowest BCUT2D eigenvalue weighted by Gasteiger charge is -2.35. The molecule has 1 aliphatic carbocycles. The Hall–Kier alpha value is -1.26. The van der Waals surface area contributed by atoms with Crippen LogP contribution in [0.4, 0.5) is 23.2 Å². The first-order valence-corrected chi connectivity index (χ1v) is 6.81. The van der Waals surface area contributed by atoms with Gasteiger partial charge < -0.3 is 5.32 Å². The van der Waals surface area contributed by atoms with Gasteiger partial charge in [0.1, 0.15) is 5.82 Å². The van der Waals surface area contributed by atoms with E-state index in [9.17, 15) is 17.6 Å². The van der Waals surface area contributed by atoms with E-state index in [-0.39, 0.29) is 6.04 Å². The van der Waals surface area contributed by atoms with Crippen molar-refractivity contribution < 1.29 is 17.6 Å². The zero-order valence-electron chi connectivity index (χ0n) is 11.6. The number of hydrogen-bond acceptors (Lipinski definition) is 1. The average molecular weight is 289 g/mol. The zero-order chi connectivity index (χ0) is 15.0. The second kappa shape index (κ2) is 5.26. The van der Waals surface area contributed by atoms with E-state index in [1.807, 2.05) is 0 Å². The number of anilines is 1. The molecule has 1 nitrogen and oxygen atoms in total. The molecule has 2 rings (SSSR count). The molecule has 0 saturated heterocycles. The normalized spacial score (nSPS) is 19.9. The zero-order valence-corrected chi connectivity index (χ0v) is 11.6. The maximum absolute atomic E-state index is 13.2. The fourth-order valence-corrected chi connectivity index (χ4v) is 2.61. The van der Waals surface area contributed by atoms with Crippen LogP contribution in [0.25, 0.3) is 0 Å².